The number of rotatable bonds is 4. The summed E-state index contributed by atoms with van der Waals surface area (Å²) in [4.78, 5) is 4.12. The smallest absolute Gasteiger partial charge is 0.141 e. The van der Waals surface area contributed by atoms with Crippen molar-refractivity contribution in [3.8, 4) is 0 Å². The SMILES string of the molecule is NCc1ncnn1Cc1ccn(C2CCCCC2)n1. The fraction of sp³-hybridized carbons (Fsp3) is 0.615. The van der Waals surface area contributed by atoms with E-state index in [1.54, 1.807) is 6.33 Å². The van der Waals surface area contributed by atoms with Gasteiger partial charge < -0.3 is 5.73 Å². The van der Waals surface area contributed by atoms with Gasteiger partial charge in [0, 0.05) is 6.20 Å². The maximum atomic E-state index is 5.62. The lowest BCUT2D eigenvalue weighted by molar-refractivity contribution is 0.327. The Balaban J connectivity index is 1.70. The fourth-order valence-corrected chi connectivity index (χ4v) is 2.74. The molecule has 6 heteroatoms. The van der Waals surface area contributed by atoms with Gasteiger partial charge in [0.05, 0.1) is 24.8 Å². The van der Waals surface area contributed by atoms with E-state index >= 15 is 0 Å². The van der Waals surface area contributed by atoms with Gasteiger partial charge in [-0.1, -0.05) is 19.3 Å². The van der Waals surface area contributed by atoms with Gasteiger partial charge in [0.15, 0.2) is 0 Å². The highest BCUT2D eigenvalue weighted by Crippen LogP contribution is 2.27. The lowest BCUT2D eigenvalue weighted by Gasteiger charge is -2.21. The highest BCUT2D eigenvalue weighted by molar-refractivity contribution is 5.01. The molecule has 19 heavy (non-hydrogen) atoms. The maximum absolute atomic E-state index is 5.62. The summed E-state index contributed by atoms with van der Waals surface area (Å²) < 4.78 is 3.93. The van der Waals surface area contributed by atoms with Gasteiger partial charge >= 0.3 is 0 Å². The van der Waals surface area contributed by atoms with Crippen molar-refractivity contribution >= 4 is 0 Å². The maximum Gasteiger partial charge on any atom is 0.141 e. The molecule has 0 bridgehead atoms. The third kappa shape index (κ3) is 2.68. The van der Waals surface area contributed by atoms with Crippen LogP contribution in [0.3, 0.4) is 0 Å². The molecule has 6 nitrogen and oxygen atoms in total. The number of hydrogen-bond acceptors (Lipinski definition) is 4. The molecule has 2 N–H and O–H groups in total. The first-order valence-corrected chi connectivity index (χ1v) is 6.97. The van der Waals surface area contributed by atoms with Crippen LogP contribution >= 0.6 is 0 Å². The third-order valence-corrected chi connectivity index (χ3v) is 3.80. The second-order valence-electron chi connectivity index (χ2n) is 5.12. The van der Waals surface area contributed by atoms with Crippen molar-refractivity contribution in [3.63, 3.8) is 0 Å². The zero-order valence-electron chi connectivity index (χ0n) is 11.1. The van der Waals surface area contributed by atoms with Gasteiger partial charge in [-0.05, 0) is 18.9 Å². The fourth-order valence-electron chi connectivity index (χ4n) is 2.74. The van der Waals surface area contributed by atoms with E-state index in [0.29, 0.717) is 19.1 Å². The monoisotopic (exact) mass is 260 g/mol. The van der Waals surface area contributed by atoms with Gasteiger partial charge in [-0.25, -0.2) is 9.67 Å². The first-order valence-electron chi connectivity index (χ1n) is 6.97. The summed E-state index contributed by atoms with van der Waals surface area (Å²) in [6, 6.07) is 2.64. The van der Waals surface area contributed by atoms with E-state index in [-0.39, 0.29) is 0 Å². The van der Waals surface area contributed by atoms with Gasteiger partial charge in [0.2, 0.25) is 0 Å². The molecule has 0 aromatic carbocycles. The average Bonchev–Trinajstić information content (AvgIpc) is 3.09. The molecule has 1 fully saturated rings. The molecule has 0 saturated heterocycles. The first-order chi connectivity index (χ1) is 9.36. The van der Waals surface area contributed by atoms with Gasteiger partial charge in [0.1, 0.15) is 12.2 Å². The molecular formula is C13H20N6. The minimum Gasteiger partial charge on any atom is -0.324 e. The number of aromatic nitrogens is 5. The van der Waals surface area contributed by atoms with E-state index in [1.807, 2.05) is 4.68 Å². The Labute approximate surface area is 112 Å². The Bertz CT molecular complexity index is 523. The summed E-state index contributed by atoms with van der Waals surface area (Å²) in [6.45, 7) is 1.05. The lowest BCUT2D eigenvalue weighted by Crippen LogP contribution is -2.15. The highest BCUT2D eigenvalue weighted by atomic mass is 15.4. The van der Waals surface area contributed by atoms with Crippen LogP contribution < -0.4 is 5.73 Å². The molecule has 0 amide bonds. The van der Waals surface area contributed by atoms with E-state index in [2.05, 4.69) is 32.1 Å². The Hall–Kier alpha value is -1.69. The molecule has 2 aromatic heterocycles. The summed E-state index contributed by atoms with van der Waals surface area (Å²) in [5.41, 5.74) is 6.64. The van der Waals surface area contributed by atoms with Crippen molar-refractivity contribution in [2.45, 2.75) is 51.2 Å². The predicted molar refractivity (Wildman–Crippen MR) is 71.4 cm³/mol. The summed E-state index contributed by atoms with van der Waals surface area (Å²) in [5.74, 6) is 0.798. The zero-order valence-corrected chi connectivity index (χ0v) is 11.1. The van der Waals surface area contributed by atoms with Crippen molar-refractivity contribution in [1.82, 2.24) is 24.5 Å². The van der Waals surface area contributed by atoms with Crippen LogP contribution in [0.1, 0.15) is 49.7 Å². The second kappa shape index (κ2) is 5.52. The van der Waals surface area contributed by atoms with Crippen molar-refractivity contribution in [2.24, 2.45) is 5.73 Å². The summed E-state index contributed by atoms with van der Waals surface area (Å²) >= 11 is 0. The third-order valence-electron chi connectivity index (χ3n) is 3.80. The van der Waals surface area contributed by atoms with Gasteiger partial charge in [-0.2, -0.15) is 10.2 Å². The normalized spacial score (nSPS) is 16.9. The van der Waals surface area contributed by atoms with Crippen molar-refractivity contribution < 1.29 is 0 Å². The summed E-state index contributed by atoms with van der Waals surface area (Å²) in [5, 5.41) is 8.85. The highest BCUT2D eigenvalue weighted by Gasteiger charge is 2.16. The molecule has 0 unspecified atom stereocenters. The van der Waals surface area contributed by atoms with E-state index < -0.39 is 0 Å². The lowest BCUT2D eigenvalue weighted by atomic mass is 9.96. The van der Waals surface area contributed by atoms with Crippen LogP contribution in [-0.4, -0.2) is 24.5 Å². The number of nitrogens with two attached hydrogens (primary N) is 1. The van der Waals surface area contributed by atoms with Crippen LogP contribution in [0, 0.1) is 0 Å². The van der Waals surface area contributed by atoms with Crippen molar-refractivity contribution in [2.75, 3.05) is 0 Å². The molecule has 102 valence electrons. The molecule has 2 aromatic rings. The minimum atomic E-state index is 0.406. The predicted octanol–water partition coefficient (Wildman–Crippen LogP) is 1.49. The van der Waals surface area contributed by atoms with Gasteiger partial charge in [0.25, 0.3) is 0 Å². The largest absolute Gasteiger partial charge is 0.324 e. The molecule has 2 heterocycles. The van der Waals surface area contributed by atoms with Crippen molar-refractivity contribution in [3.05, 3.63) is 30.1 Å². The Morgan fingerprint density at radius 1 is 1.26 bits per heavy atom. The quantitative estimate of drug-likeness (QED) is 0.903. The molecule has 0 spiro atoms. The van der Waals surface area contributed by atoms with E-state index in [1.165, 1.54) is 32.1 Å². The average molecular weight is 260 g/mol. The summed E-state index contributed by atoms with van der Waals surface area (Å²) in [7, 11) is 0. The minimum absolute atomic E-state index is 0.406. The van der Waals surface area contributed by atoms with Crippen LogP contribution in [0.2, 0.25) is 0 Å². The zero-order chi connectivity index (χ0) is 13.1. The van der Waals surface area contributed by atoms with E-state index in [4.69, 9.17) is 5.73 Å². The van der Waals surface area contributed by atoms with Crippen LogP contribution in [0.4, 0.5) is 0 Å². The Morgan fingerprint density at radius 2 is 2.11 bits per heavy atom. The van der Waals surface area contributed by atoms with Gasteiger partial charge in [-0.3, -0.25) is 4.68 Å². The molecule has 0 radical (unpaired) electrons. The second-order valence-corrected chi connectivity index (χ2v) is 5.12. The molecule has 1 aliphatic carbocycles. The van der Waals surface area contributed by atoms with E-state index in [9.17, 15) is 0 Å². The molecule has 1 aliphatic rings. The van der Waals surface area contributed by atoms with Crippen molar-refractivity contribution in [1.29, 1.82) is 0 Å². The topological polar surface area (TPSA) is 74.5 Å². The number of hydrogen-bond donors (Lipinski definition) is 1. The van der Waals surface area contributed by atoms with E-state index in [0.717, 1.165) is 11.5 Å². The van der Waals surface area contributed by atoms with Gasteiger partial charge in [-0.15, -0.1) is 0 Å². The molecule has 3 rings (SSSR count). The molecule has 0 aliphatic heterocycles. The first kappa shape index (κ1) is 12.3. The number of nitrogens with zero attached hydrogens (tertiary/aromatic N) is 5. The molecule has 0 atom stereocenters. The van der Waals surface area contributed by atoms with Crippen LogP contribution in [-0.2, 0) is 13.1 Å². The van der Waals surface area contributed by atoms with Crippen LogP contribution in [0.25, 0.3) is 0 Å². The Morgan fingerprint density at radius 3 is 2.89 bits per heavy atom. The molecular weight excluding hydrogens is 240 g/mol. The van der Waals surface area contributed by atoms with Crippen LogP contribution in [0.15, 0.2) is 18.6 Å². The van der Waals surface area contributed by atoms with Crippen LogP contribution in [0.5, 0.6) is 0 Å². The molecule has 1 saturated carbocycles. The summed E-state index contributed by atoms with van der Waals surface area (Å²) in [6.07, 6.45) is 10.1. The standard InChI is InChI=1S/C13H20N6/c14-8-13-15-10-16-19(13)9-11-6-7-18(17-11)12-4-2-1-3-5-12/h6-7,10,12H,1-5,8-9,14H2. The Kier molecular flexibility index (Phi) is 3.59.